The molecule has 0 spiro atoms. The van der Waals surface area contributed by atoms with Gasteiger partial charge in [-0.25, -0.2) is 18.1 Å². The highest BCUT2D eigenvalue weighted by atomic mass is 35.5. The largest absolute Gasteiger partial charge is 0.337 e. The highest BCUT2D eigenvalue weighted by molar-refractivity contribution is 7.89. The van der Waals surface area contributed by atoms with Crippen LogP contribution in [-0.2, 0) is 17.1 Å². The lowest BCUT2D eigenvalue weighted by molar-refractivity contribution is 0.418. The maximum atomic E-state index is 12.1. The summed E-state index contributed by atoms with van der Waals surface area (Å²) in [5, 5.41) is 0.0907. The van der Waals surface area contributed by atoms with Crippen molar-refractivity contribution in [1.29, 1.82) is 0 Å². The first-order chi connectivity index (χ1) is 8.94. The molecule has 0 aliphatic heterocycles. The number of aryl methyl sites for hydroxylation is 2. The summed E-state index contributed by atoms with van der Waals surface area (Å²) in [7, 11) is -1.73. The predicted molar refractivity (Wildman–Crippen MR) is 74.7 cm³/mol. The molecule has 0 radical (unpaired) electrons. The predicted octanol–water partition coefficient (Wildman–Crippen LogP) is 1.66. The number of imidazole rings is 1. The zero-order chi connectivity index (χ0) is 14.0. The van der Waals surface area contributed by atoms with Crippen LogP contribution in [-0.4, -0.2) is 30.4 Å². The van der Waals surface area contributed by atoms with Crippen LogP contribution in [0.15, 0.2) is 11.2 Å². The topological polar surface area (TPSA) is 64.0 Å². The first-order valence-electron chi connectivity index (χ1n) is 6.49. The van der Waals surface area contributed by atoms with Crippen molar-refractivity contribution in [2.75, 3.05) is 12.4 Å². The molecule has 1 aromatic rings. The first-order valence-corrected chi connectivity index (χ1v) is 8.51. The van der Waals surface area contributed by atoms with Gasteiger partial charge in [-0.05, 0) is 31.6 Å². The number of hydrogen-bond donors (Lipinski definition) is 1. The molecule has 2 rings (SSSR count). The SMILES string of the molecule is Cc1nc(S(=O)(=O)NCC2CCCC2CCl)cn1C. The average molecular weight is 306 g/mol. The third-order valence-electron chi connectivity index (χ3n) is 3.91. The normalized spacial score (nSPS) is 23.9. The average Bonchev–Trinajstić information content (AvgIpc) is 2.94. The van der Waals surface area contributed by atoms with E-state index in [-0.39, 0.29) is 5.03 Å². The molecule has 0 saturated heterocycles. The van der Waals surface area contributed by atoms with Gasteiger partial charge in [-0.15, -0.1) is 11.6 Å². The molecule has 0 aromatic carbocycles. The fourth-order valence-corrected chi connectivity index (χ4v) is 4.07. The third kappa shape index (κ3) is 3.30. The molecule has 1 aliphatic rings. The van der Waals surface area contributed by atoms with Crippen molar-refractivity contribution < 1.29 is 8.42 Å². The Kier molecular flexibility index (Phi) is 4.53. The van der Waals surface area contributed by atoms with Crippen LogP contribution in [0.2, 0.25) is 0 Å². The van der Waals surface area contributed by atoms with Gasteiger partial charge in [0.05, 0.1) is 0 Å². The van der Waals surface area contributed by atoms with E-state index in [4.69, 9.17) is 11.6 Å². The molecule has 108 valence electrons. The van der Waals surface area contributed by atoms with Crippen LogP contribution in [0.25, 0.3) is 0 Å². The minimum atomic E-state index is -3.51. The van der Waals surface area contributed by atoms with E-state index in [1.807, 2.05) is 0 Å². The molecule has 19 heavy (non-hydrogen) atoms. The van der Waals surface area contributed by atoms with Gasteiger partial charge in [0.1, 0.15) is 5.82 Å². The molecule has 0 amide bonds. The number of rotatable bonds is 5. The minimum absolute atomic E-state index is 0.0907. The lowest BCUT2D eigenvalue weighted by atomic mass is 9.98. The zero-order valence-corrected chi connectivity index (χ0v) is 12.8. The Morgan fingerprint density at radius 3 is 2.74 bits per heavy atom. The highest BCUT2D eigenvalue weighted by Crippen LogP contribution is 2.32. The van der Waals surface area contributed by atoms with Gasteiger partial charge in [-0.2, -0.15) is 0 Å². The number of nitrogens with one attached hydrogen (secondary N) is 1. The molecule has 2 atom stereocenters. The molecule has 7 heteroatoms. The fraction of sp³-hybridized carbons (Fsp3) is 0.750. The summed E-state index contributed by atoms with van der Waals surface area (Å²) >= 11 is 5.90. The van der Waals surface area contributed by atoms with E-state index < -0.39 is 10.0 Å². The van der Waals surface area contributed by atoms with Crippen LogP contribution in [0.1, 0.15) is 25.1 Å². The summed E-state index contributed by atoms with van der Waals surface area (Å²) in [6.45, 7) is 2.23. The zero-order valence-electron chi connectivity index (χ0n) is 11.3. The molecule has 1 fully saturated rings. The Bertz CT molecular complexity index is 522. The molecule has 2 unspecified atom stereocenters. The van der Waals surface area contributed by atoms with Crippen molar-refractivity contribution in [3.63, 3.8) is 0 Å². The lowest BCUT2D eigenvalue weighted by Gasteiger charge is -2.17. The van der Waals surface area contributed by atoms with Gasteiger partial charge in [-0.1, -0.05) is 6.42 Å². The minimum Gasteiger partial charge on any atom is -0.337 e. The van der Waals surface area contributed by atoms with Crippen LogP contribution in [0.5, 0.6) is 0 Å². The monoisotopic (exact) mass is 305 g/mol. The van der Waals surface area contributed by atoms with Crippen LogP contribution < -0.4 is 4.72 Å². The fourth-order valence-electron chi connectivity index (χ4n) is 2.53. The Morgan fingerprint density at radius 1 is 1.47 bits per heavy atom. The number of hydrogen-bond acceptors (Lipinski definition) is 3. The van der Waals surface area contributed by atoms with Gasteiger partial charge >= 0.3 is 0 Å². The molecule has 1 N–H and O–H groups in total. The van der Waals surface area contributed by atoms with Crippen LogP contribution in [0.3, 0.4) is 0 Å². The van der Waals surface area contributed by atoms with E-state index in [0.29, 0.717) is 30.1 Å². The summed E-state index contributed by atoms with van der Waals surface area (Å²) in [5.74, 6) is 2.06. The quantitative estimate of drug-likeness (QED) is 0.842. The molecule has 1 aromatic heterocycles. The van der Waals surface area contributed by atoms with Gasteiger partial charge in [0.2, 0.25) is 0 Å². The summed E-state index contributed by atoms with van der Waals surface area (Å²) in [5.41, 5.74) is 0. The van der Waals surface area contributed by atoms with Crippen LogP contribution in [0, 0.1) is 18.8 Å². The van der Waals surface area contributed by atoms with Gasteiger partial charge in [0, 0.05) is 25.7 Å². The molecular formula is C12H20ClN3O2S. The van der Waals surface area contributed by atoms with Crippen molar-refractivity contribution in [2.45, 2.75) is 31.2 Å². The number of nitrogens with zero attached hydrogens (tertiary/aromatic N) is 2. The second kappa shape index (κ2) is 5.81. The summed E-state index contributed by atoms with van der Waals surface area (Å²) < 4.78 is 28.6. The van der Waals surface area contributed by atoms with E-state index in [1.54, 1.807) is 18.5 Å². The molecule has 1 aliphatic carbocycles. The van der Waals surface area contributed by atoms with E-state index in [9.17, 15) is 8.42 Å². The smallest absolute Gasteiger partial charge is 0.259 e. The Labute approximate surface area is 119 Å². The van der Waals surface area contributed by atoms with Gasteiger partial charge in [0.25, 0.3) is 10.0 Å². The second-order valence-corrected chi connectivity index (χ2v) is 7.22. The second-order valence-electron chi connectivity index (χ2n) is 5.19. The van der Waals surface area contributed by atoms with E-state index in [0.717, 1.165) is 19.3 Å². The summed E-state index contributed by atoms with van der Waals surface area (Å²) in [4.78, 5) is 4.05. The Hall–Kier alpha value is -0.590. The molecule has 1 heterocycles. The van der Waals surface area contributed by atoms with Crippen molar-refractivity contribution >= 4 is 21.6 Å². The highest BCUT2D eigenvalue weighted by Gasteiger charge is 2.28. The van der Waals surface area contributed by atoms with E-state index in [1.165, 1.54) is 6.20 Å². The van der Waals surface area contributed by atoms with Gasteiger partial charge < -0.3 is 4.57 Å². The van der Waals surface area contributed by atoms with Crippen LogP contribution >= 0.6 is 11.6 Å². The van der Waals surface area contributed by atoms with E-state index in [2.05, 4.69) is 9.71 Å². The number of alkyl halides is 1. The lowest BCUT2D eigenvalue weighted by Crippen LogP contribution is -2.31. The number of sulfonamides is 1. The van der Waals surface area contributed by atoms with Crippen LogP contribution in [0.4, 0.5) is 0 Å². The van der Waals surface area contributed by atoms with Crippen molar-refractivity contribution in [2.24, 2.45) is 18.9 Å². The molecule has 1 saturated carbocycles. The first kappa shape index (κ1) is 14.8. The van der Waals surface area contributed by atoms with Gasteiger partial charge in [0.15, 0.2) is 5.03 Å². The van der Waals surface area contributed by atoms with Crippen molar-refractivity contribution in [1.82, 2.24) is 14.3 Å². The Morgan fingerprint density at radius 2 is 2.16 bits per heavy atom. The standard InChI is InChI=1S/C12H20ClN3O2S/c1-9-15-12(8-16(9)2)19(17,18)14-7-11-5-3-4-10(11)6-13/h8,10-11,14H,3-7H2,1-2H3. The van der Waals surface area contributed by atoms with E-state index >= 15 is 0 Å². The molecule has 5 nitrogen and oxygen atoms in total. The maximum Gasteiger partial charge on any atom is 0.259 e. The number of halogens is 1. The summed E-state index contributed by atoms with van der Waals surface area (Å²) in [6.07, 6.45) is 4.80. The Balaban J connectivity index is 2.02. The van der Waals surface area contributed by atoms with Crippen molar-refractivity contribution in [3.05, 3.63) is 12.0 Å². The number of aromatic nitrogens is 2. The molecular weight excluding hydrogens is 286 g/mol. The van der Waals surface area contributed by atoms with Gasteiger partial charge in [-0.3, -0.25) is 0 Å². The maximum absolute atomic E-state index is 12.1. The third-order valence-corrected chi connectivity index (χ3v) is 5.60. The van der Waals surface area contributed by atoms with Crippen molar-refractivity contribution in [3.8, 4) is 0 Å². The molecule has 0 bridgehead atoms. The summed E-state index contributed by atoms with van der Waals surface area (Å²) in [6, 6.07) is 0.